The van der Waals surface area contributed by atoms with E-state index in [9.17, 15) is 8.78 Å². The number of nitrogens with two attached hydrogens (primary N) is 1. The summed E-state index contributed by atoms with van der Waals surface area (Å²) in [5, 5.41) is 0. The lowest BCUT2D eigenvalue weighted by Gasteiger charge is -2.14. The second-order valence-electron chi connectivity index (χ2n) is 4.03. The van der Waals surface area contributed by atoms with Crippen molar-refractivity contribution in [2.75, 3.05) is 0 Å². The van der Waals surface area contributed by atoms with Gasteiger partial charge in [0.2, 0.25) is 0 Å². The first kappa shape index (κ1) is 9.59. The van der Waals surface area contributed by atoms with E-state index in [0.29, 0.717) is 5.56 Å². The van der Waals surface area contributed by atoms with Crippen LogP contribution >= 0.6 is 0 Å². The van der Waals surface area contributed by atoms with Gasteiger partial charge in [-0.25, -0.2) is 8.78 Å². The molecular weight excluding hydrogens is 184 g/mol. The third-order valence-electron chi connectivity index (χ3n) is 2.76. The molecule has 14 heavy (non-hydrogen) atoms. The average molecular weight is 197 g/mol. The maximum atomic E-state index is 13.5. The van der Waals surface area contributed by atoms with Gasteiger partial charge < -0.3 is 5.73 Å². The van der Waals surface area contributed by atoms with Gasteiger partial charge in [-0.15, -0.1) is 0 Å². The summed E-state index contributed by atoms with van der Waals surface area (Å²) < 4.78 is 26.3. The molecule has 0 aliphatic heterocycles. The summed E-state index contributed by atoms with van der Waals surface area (Å²) in [4.78, 5) is 0. The van der Waals surface area contributed by atoms with Gasteiger partial charge in [0, 0.05) is 12.0 Å². The van der Waals surface area contributed by atoms with Gasteiger partial charge in [0.15, 0.2) is 0 Å². The van der Waals surface area contributed by atoms with E-state index in [-0.39, 0.29) is 12.2 Å². The van der Waals surface area contributed by atoms with Crippen LogP contribution in [0.15, 0.2) is 24.3 Å². The molecule has 0 saturated heterocycles. The molecule has 0 bridgehead atoms. The molecule has 3 heteroatoms. The standard InChI is InChI=1S/C11H13F2N/c12-9-3-1-2-8(6-9)7-10(13)11(14)4-5-11/h1-3,6,10H,4-5,7,14H2. The topological polar surface area (TPSA) is 26.0 Å². The third kappa shape index (κ3) is 1.93. The SMILES string of the molecule is NC1(C(F)Cc2cccc(F)c2)CC1. The molecular formula is C11H13F2N. The fourth-order valence-electron chi connectivity index (χ4n) is 1.53. The Balaban J connectivity index is 2.03. The highest BCUT2D eigenvalue weighted by atomic mass is 19.1. The van der Waals surface area contributed by atoms with Gasteiger partial charge >= 0.3 is 0 Å². The van der Waals surface area contributed by atoms with Crippen LogP contribution in [0.5, 0.6) is 0 Å². The van der Waals surface area contributed by atoms with E-state index < -0.39 is 11.7 Å². The van der Waals surface area contributed by atoms with Crippen molar-refractivity contribution in [3.63, 3.8) is 0 Å². The Morgan fingerprint density at radius 2 is 2.14 bits per heavy atom. The second kappa shape index (κ2) is 3.31. The Hall–Kier alpha value is -0.960. The van der Waals surface area contributed by atoms with Crippen molar-refractivity contribution >= 4 is 0 Å². The molecule has 0 amide bonds. The first-order valence-corrected chi connectivity index (χ1v) is 4.77. The van der Waals surface area contributed by atoms with E-state index in [1.807, 2.05) is 0 Å². The molecule has 1 fully saturated rings. The molecule has 0 aromatic heterocycles. The summed E-state index contributed by atoms with van der Waals surface area (Å²) >= 11 is 0. The molecule has 1 atom stereocenters. The molecule has 1 nitrogen and oxygen atoms in total. The molecule has 1 aromatic rings. The van der Waals surface area contributed by atoms with Crippen LogP contribution in [0.3, 0.4) is 0 Å². The van der Waals surface area contributed by atoms with Crippen LogP contribution in [0.4, 0.5) is 8.78 Å². The fraction of sp³-hybridized carbons (Fsp3) is 0.455. The van der Waals surface area contributed by atoms with Crippen molar-refractivity contribution in [2.45, 2.75) is 31.0 Å². The van der Waals surface area contributed by atoms with Gasteiger partial charge in [-0.2, -0.15) is 0 Å². The zero-order chi connectivity index (χ0) is 10.2. The number of benzene rings is 1. The predicted octanol–water partition coefficient (Wildman–Crippen LogP) is 2.20. The molecule has 2 N–H and O–H groups in total. The van der Waals surface area contributed by atoms with Crippen LogP contribution in [-0.2, 0) is 6.42 Å². The summed E-state index contributed by atoms with van der Waals surface area (Å²) in [6, 6.07) is 6.03. The van der Waals surface area contributed by atoms with E-state index >= 15 is 0 Å². The van der Waals surface area contributed by atoms with Gasteiger partial charge in [0.25, 0.3) is 0 Å². The van der Waals surface area contributed by atoms with Crippen LogP contribution in [-0.4, -0.2) is 11.7 Å². The summed E-state index contributed by atoms with van der Waals surface area (Å²) in [6.45, 7) is 0. The zero-order valence-corrected chi connectivity index (χ0v) is 7.84. The van der Waals surface area contributed by atoms with Crippen molar-refractivity contribution in [3.05, 3.63) is 35.6 Å². The Labute approximate surface area is 81.9 Å². The fourth-order valence-corrected chi connectivity index (χ4v) is 1.53. The van der Waals surface area contributed by atoms with Crippen molar-refractivity contribution in [3.8, 4) is 0 Å². The maximum absolute atomic E-state index is 13.5. The van der Waals surface area contributed by atoms with Crippen molar-refractivity contribution in [1.82, 2.24) is 0 Å². The average Bonchev–Trinajstić information content (AvgIpc) is 2.85. The van der Waals surface area contributed by atoms with Gasteiger partial charge in [0.1, 0.15) is 12.0 Å². The van der Waals surface area contributed by atoms with E-state index in [4.69, 9.17) is 5.73 Å². The van der Waals surface area contributed by atoms with Crippen molar-refractivity contribution in [1.29, 1.82) is 0 Å². The second-order valence-corrected chi connectivity index (χ2v) is 4.03. The lowest BCUT2D eigenvalue weighted by Crippen LogP contribution is -2.35. The highest BCUT2D eigenvalue weighted by Gasteiger charge is 2.46. The van der Waals surface area contributed by atoms with Gasteiger partial charge in [-0.05, 0) is 30.5 Å². The lowest BCUT2D eigenvalue weighted by atomic mass is 10.0. The number of alkyl halides is 1. The Bertz CT molecular complexity index is 334. The third-order valence-corrected chi connectivity index (χ3v) is 2.76. The first-order valence-electron chi connectivity index (χ1n) is 4.77. The molecule has 76 valence electrons. The van der Waals surface area contributed by atoms with Crippen molar-refractivity contribution in [2.24, 2.45) is 5.73 Å². The summed E-state index contributed by atoms with van der Waals surface area (Å²) in [7, 11) is 0. The van der Waals surface area contributed by atoms with Crippen LogP contribution in [0.2, 0.25) is 0 Å². The Morgan fingerprint density at radius 3 is 2.71 bits per heavy atom. The molecule has 0 spiro atoms. The molecule has 1 aromatic carbocycles. The molecule has 1 aliphatic rings. The number of hydrogen-bond acceptors (Lipinski definition) is 1. The minimum Gasteiger partial charge on any atom is -0.323 e. The largest absolute Gasteiger partial charge is 0.323 e. The normalized spacial score (nSPS) is 20.5. The number of rotatable bonds is 3. The van der Waals surface area contributed by atoms with Gasteiger partial charge in [0.05, 0.1) is 0 Å². The van der Waals surface area contributed by atoms with Crippen LogP contribution in [0.25, 0.3) is 0 Å². The smallest absolute Gasteiger partial charge is 0.123 e. The maximum Gasteiger partial charge on any atom is 0.123 e. The molecule has 0 heterocycles. The first-order chi connectivity index (χ1) is 6.60. The number of hydrogen-bond donors (Lipinski definition) is 1. The monoisotopic (exact) mass is 197 g/mol. The minimum absolute atomic E-state index is 0.217. The van der Waals surface area contributed by atoms with E-state index in [1.165, 1.54) is 12.1 Å². The number of halogens is 2. The summed E-state index contributed by atoms with van der Waals surface area (Å²) in [5.41, 5.74) is 5.75. The Kier molecular flexibility index (Phi) is 2.27. The molecule has 1 unspecified atom stereocenters. The molecule has 1 aliphatic carbocycles. The summed E-state index contributed by atoms with van der Waals surface area (Å²) in [5.74, 6) is -0.323. The lowest BCUT2D eigenvalue weighted by molar-refractivity contribution is 0.266. The zero-order valence-electron chi connectivity index (χ0n) is 7.84. The van der Waals surface area contributed by atoms with Gasteiger partial charge in [-0.1, -0.05) is 12.1 Å². The van der Waals surface area contributed by atoms with E-state index in [0.717, 1.165) is 12.8 Å². The van der Waals surface area contributed by atoms with E-state index in [1.54, 1.807) is 12.1 Å². The Morgan fingerprint density at radius 1 is 1.43 bits per heavy atom. The van der Waals surface area contributed by atoms with Gasteiger partial charge in [-0.3, -0.25) is 0 Å². The van der Waals surface area contributed by atoms with Crippen LogP contribution in [0.1, 0.15) is 18.4 Å². The quantitative estimate of drug-likeness (QED) is 0.789. The van der Waals surface area contributed by atoms with Crippen molar-refractivity contribution < 1.29 is 8.78 Å². The van der Waals surface area contributed by atoms with E-state index in [2.05, 4.69) is 0 Å². The molecule has 2 rings (SSSR count). The van der Waals surface area contributed by atoms with Crippen LogP contribution in [0, 0.1) is 5.82 Å². The highest BCUT2D eigenvalue weighted by Crippen LogP contribution is 2.38. The molecule has 0 radical (unpaired) electrons. The summed E-state index contributed by atoms with van der Waals surface area (Å²) in [6.07, 6.45) is 0.644. The molecule has 1 saturated carbocycles. The highest BCUT2D eigenvalue weighted by molar-refractivity contribution is 5.19. The van der Waals surface area contributed by atoms with Crippen LogP contribution < -0.4 is 5.73 Å². The minimum atomic E-state index is -1.05. The predicted molar refractivity (Wildman–Crippen MR) is 51.2 cm³/mol.